The number of aromatic nitrogens is 3. The molecule has 3 aromatic heterocycles. The molecule has 10 aromatic rings. The summed E-state index contributed by atoms with van der Waals surface area (Å²) < 4.78 is 4.75. The number of para-hydroxylation sites is 2. The highest BCUT2D eigenvalue weighted by atomic mass is 15.0. The Bertz CT molecular complexity index is 2840. The molecule has 0 atom stereocenters. The van der Waals surface area contributed by atoms with Crippen LogP contribution in [0.25, 0.3) is 88.5 Å². The summed E-state index contributed by atoms with van der Waals surface area (Å²) in [6.45, 7) is 0. The van der Waals surface area contributed by atoms with Gasteiger partial charge in [-0.25, -0.2) is 4.98 Å². The second-order valence-electron chi connectivity index (χ2n) is 12.8. The lowest BCUT2D eigenvalue weighted by Crippen LogP contribution is -1.97. The highest BCUT2D eigenvalue weighted by molar-refractivity contribution is 6.15. The van der Waals surface area contributed by atoms with Crippen LogP contribution >= 0.6 is 0 Å². The Kier molecular flexibility index (Phi) is 6.49. The maximum absolute atomic E-state index is 4.92. The highest BCUT2D eigenvalue weighted by Crippen LogP contribution is 2.41. The van der Waals surface area contributed by atoms with Crippen LogP contribution < -0.4 is 0 Å². The Balaban J connectivity index is 1.20. The smallest absolute Gasteiger partial charge is 0.145 e. The van der Waals surface area contributed by atoms with E-state index in [1.165, 1.54) is 55.0 Å². The predicted octanol–water partition coefficient (Wildman–Crippen LogP) is 12.3. The van der Waals surface area contributed by atoms with Crippen molar-refractivity contribution in [1.29, 1.82) is 0 Å². The van der Waals surface area contributed by atoms with Crippen LogP contribution in [-0.4, -0.2) is 14.1 Å². The second kappa shape index (κ2) is 11.5. The van der Waals surface area contributed by atoms with Crippen LogP contribution in [0.1, 0.15) is 0 Å². The molecule has 0 fully saturated rings. The van der Waals surface area contributed by atoms with Gasteiger partial charge in [0, 0.05) is 44.7 Å². The van der Waals surface area contributed by atoms with Gasteiger partial charge in [-0.05, 0) is 76.3 Å². The van der Waals surface area contributed by atoms with Crippen molar-refractivity contribution in [3.05, 3.63) is 188 Å². The van der Waals surface area contributed by atoms with Crippen LogP contribution in [0.5, 0.6) is 0 Å². The summed E-state index contributed by atoms with van der Waals surface area (Å²) >= 11 is 0. The van der Waals surface area contributed by atoms with Gasteiger partial charge in [0.05, 0.1) is 16.6 Å². The average molecular weight is 638 g/mol. The molecule has 0 aliphatic heterocycles. The van der Waals surface area contributed by atoms with Crippen molar-refractivity contribution >= 4 is 43.7 Å². The molecule has 0 unspecified atom stereocenters. The second-order valence-corrected chi connectivity index (χ2v) is 12.8. The van der Waals surface area contributed by atoms with Gasteiger partial charge >= 0.3 is 0 Å². The van der Waals surface area contributed by atoms with E-state index in [0.717, 1.165) is 33.5 Å². The van der Waals surface area contributed by atoms with Crippen LogP contribution in [0.4, 0.5) is 0 Å². The molecule has 0 amide bonds. The Morgan fingerprint density at radius 2 is 0.960 bits per heavy atom. The molecular formula is C47H31N3. The number of nitrogens with zero attached hydrogens (tertiary/aromatic N) is 3. The van der Waals surface area contributed by atoms with Crippen molar-refractivity contribution in [1.82, 2.24) is 14.1 Å². The molecule has 0 bridgehead atoms. The molecule has 10 rings (SSSR count). The normalized spacial score (nSPS) is 11.6. The van der Waals surface area contributed by atoms with E-state index >= 15 is 0 Å². The molecule has 0 radical (unpaired) electrons. The summed E-state index contributed by atoms with van der Waals surface area (Å²) in [6.07, 6.45) is 1.89. The van der Waals surface area contributed by atoms with E-state index in [-0.39, 0.29) is 0 Å². The molecule has 7 aromatic carbocycles. The minimum Gasteiger partial charge on any atom is -0.309 e. The van der Waals surface area contributed by atoms with E-state index in [1.807, 2.05) is 12.3 Å². The van der Waals surface area contributed by atoms with Gasteiger partial charge in [0.1, 0.15) is 5.65 Å². The lowest BCUT2D eigenvalue weighted by molar-refractivity contribution is 1.14. The zero-order chi connectivity index (χ0) is 33.0. The lowest BCUT2D eigenvalue weighted by atomic mass is 10.00. The van der Waals surface area contributed by atoms with Crippen molar-refractivity contribution in [2.75, 3.05) is 0 Å². The van der Waals surface area contributed by atoms with Crippen LogP contribution in [0.3, 0.4) is 0 Å². The fourth-order valence-corrected chi connectivity index (χ4v) is 7.68. The lowest BCUT2D eigenvalue weighted by Gasteiger charge is -2.14. The molecule has 0 aliphatic rings. The van der Waals surface area contributed by atoms with Gasteiger partial charge in [0.2, 0.25) is 0 Å². The largest absolute Gasteiger partial charge is 0.309 e. The third kappa shape index (κ3) is 4.48. The Labute approximate surface area is 290 Å². The number of benzene rings is 7. The standard InChI is InChI=1S/C47H31N3/c1-3-12-32(13-4-1)34-23-26-37(27-24-34)49-44-22-8-7-18-40(44)42-20-10-19-39(46(42)49)36-25-28-41-43-21-11-29-48-47(43)50(45(41)31-36)38-17-9-16-35(30-38)33-14-5-2-6-15-33/h1-31H. The summed E-state index contributed by atoms with van der Waals surface area (Å²) in [4.78, 5) is 4.92. The molecule has 3 nitrogen and oxygen atoms in total. The molecule has 0 saturated heterocycles. The summed E-state index contributed by atoms with van der Waals surface area (Å²) in [5, 5.41) is 4.81. The number of pyridine rings is 1. The van der Waals surface area contributed by atoms with Crippen molar-refractivity contribution in [2.45, 2.75) is 0 Å². The van der Waals surface area contributed by atoms with Gasteiger partial charge in [-0.2, -0.15) is 0 Å². The first-order valence-corrected chi connectivity index (χ1v) is 17.1. The quantitative estimate of drug-likeness (QED) is 0.184. The van der Waals surface area contributed by atoms with E-state index < -0.39 is 0 Å². The molecule has 0 N–H and O–H groups in total. The SMILES string of the molecule is c1ccc(-c2ccc(-n3c4ccccc4c4cccc(-c5ccc6c7cccnc7n(-c7cccc(-c8ccccc8)c7)c6c5)c43)cc2)cc1. The van der Waals surface area contributed by atoms with Crippen molar-refractivity contribution < 1.29 is 0 Å². The van der Waals surface area contributed by atoms with E-state index in [4.69, 9.17) is 4.98 Å². The third-order valence-corrected chi connectivity index (χ3v) is 9.98. The van der Waals surface area contributed by atoms with Gasteiger partial charge in [0.25, 0.3) is 0 Å². The van der Waals surface area contributed by atoms with Crippen LogP contribution in [-0.2, 0) is 0 Å². The summed E-state index contributed by atoms with van der Waals surface area (Å²) in [5.74, 6) is 0. The molecule has 0 aliphatic carbocycles. The number of hydrogen-bond donors (Lipinski definition) is 0. The number of fused-ring (bicyclic) bond motifs is 6. The van der Waals surface area contributed by atoms with Gasteiger partial charge < -0.3 is 4.57 Å². The number of hydrogen-bond acceptors (Lipinski definition) is 1. The fraction of sp³-hybridized carbons (Fsp3) is 0. The Hall–Kier alpha value is -6.71. The first-order valence-electron chi connectivity index (χ1n) is 17.1. The Morgan fingerprint density at radius 1 is 0.340 bits per heavy atom. The van der Waals surface area contributed by atoms with Crippen molar-refractivity contribution in [3.8, 4) is 44.8 Å². The predicted molar refractivity (Wildman–Crippen MR) is 209 cm³/mol. The molecule has 234 valence electrons. The highest BCUT2D eigenvalue weighted by Gasteiger charge is 2.19. The first kappa shape index (κ1) is 28.3. The van der Waals surface area contributed by atoms with E-state index in [0.29, 0.717) is 0 Å². The van der Waals surface area contributed by atoms with Gasteiger partial charge in [0.15, 0.2) is 0 Å². The van der Waals surface area contributed by atoms with Crippen LogP contribution in [0.2, 0.25) is 0 Å². The van der Waals surface area contributed by atoms with E-state index in [1.54, 1.807) is 0 Å². The summed E-state index contributed by atoms with van der Waals surface area (Å²) in [5.41, 5.74) is 13.9. The van der Waals surface area contributed by atoms with E-state index in [9.17, 15) is 0 Å². The molecular weight excluding hydrogens is 607 g/mol. The third-order valence-electron chi connectivity index (χ3n) is 9.98. The van der Waals surface area contributed by atoms with Crippen LogP contribution in [0.15, 0.2) is 188 Å². The van der Waals surface area contributed by atoms with Gasteiger partial charge in [-0.3, -0.25) is 4.57 Å². The van der Waals surface area contributed by atoms with Crippen LogP contribution in [0, 0.1) is 0 Å². The molecule has 0 saturated carbocycles. The maximum atomic E-state index is 4.92. The van der Waals surface area contributed by atoms with Crippen molar-refractivity contribution in [3.63, 3.8) is 0 Å². The fourth-order valence-electron chi connectivity index (χ4n) is 7.68. The van der Waals surface area contributed by atoms with Gasteiger partial charge in [-0.15, -0.1) is 0 Å². The summed E-state index contributed by atoms with van der Waals surface area (Å²) in [6, 6.07) is 65.4. The molecule has 3 heterocycles. The minimum absolute atomic E-state index is 0.954. The van der Waals surface area contributed by atoms with Gasteiger partial charge in [-0.1, -0.05) is 133 Å². The Morgan fingerprint density at radius 3 is 1.78 bits per heavy atom. The monoisotopic (exact) mass is 637 g/mol. The zero-order valence-corrected chi connectivity index (χ0v) is 27.2. The number of rotatable bonds is 5. The molecule has 0 spiro atoms. The van der Waals surface area contributed by atoms with E-state index in [2.05, 4.69) is 185 Å². The topological polar surface area (TPSA) is 22.8 Å². The average Bonchev–Trinajstić information content (AvgIpc) is 3.71. The molecule has 50 heavy (non-hydrogen) atoms. The zero-order valence-electron chi connectivity index (χ0n) is 27.2. The maximum Gasteiger partial charge on any atom is 0.145 e. The summed E-state index contributed by atoms with van der Waals surface area (Å²) in [7, 11) is 0. The van der Waals surface area contributed by atoms with Crippen molar-refractivity contribution in [2.24, 2.45) is 0 Å². The minimum atomic E-state index is 0.954. The first-order chi connectivity index (χ1) is 24.8. The molecule has 3 heteroatoms.